The summed E-state index contributed by atoms with van der Waals surface area (Å²) in [6, 6.07) is 0. The molecule has 0 bridgehead atoms. The number of ether oxygens (including phenoxy) is 2. The molecule has 0 saturated heterocycles. The molecule has 15 heavy (non-hydrogen) atoms. The average Bonchev–Trinajstić information content (AvgIpc) is 1.96. The van der Waals surface area contributed by atoms with Gasteiger partial charge in [0.15, 0.2) is 0 Å². The summed E-state index contributed by atoms with van der Waals surface area (Å²) in [5.41, 5.74) is 6.69. The summed E-state index contributed by atoms with van der Waals surface area (Å²) in [6.07, 6.45) is 0. The zero-order valence-corrected chi connectivity index (χ0v) is 14.1. The van der Waals surface area contributed by atoms with E-state index in [-0.39, 0.29) is 5.54 Å². The molecule has 96 valence electrons. The minimum atomic E-state index is -2.03. The third kappa shape index (κ3) is 140. The normalized spacial score (nSPS) is 10.0. The fourth-order valence-corrected chi connectivity index (χ4v) is 0.136. The van der Waals surface area contributed by atoms with E-state index in [4.69, 9.17) is 33.3 Å². The van der Waals surface area contributed by atoms with Gasteiger partial charge in [0.2, 0.25) is 0 Å². The van der Waals surface area contributed by atoms with Crippen LogP contribution >= 0.6 is 27.6 Å². The van der Waals surface area contributed by atoms with Crippen molar-refractivity contribution in [2.75, 3.05) is 20.8 Å². The van der Waals surface area contributed by atoms with Gasteiger partial charge in [0.25, 0.3) is 0 Å². The Kier molecular flexibility index (Phi) is 22.5. The summed E-state index contributed by atoms with van der Waals surface area (Å²) in [7, 11) is 18.2. The predicted octanol–water partition coefficient (Wildman–Crippen LogP) is 4.34. The van der Waals surface area contributed by atoms with E-state index in [1.807, 2.05) is 20.8 Å². The molecular formula is C8H19Cl3NNbO2-2. The van der Waals surface area contributed by atoms with Gasteiger partial charge in [-0.25, -0.2) is 0 Å². The Morgan fingerprint density at radius 1 is 1.20 bits per heavy atom. The van der Waals surface area contributed by atoms with Gasteiger partial charge < -0.3 is 15.2 Å². The maximum atomic E-state index is 6.94. The van der Waals surface area contributed by atoms with Crippen LogP contribution < -0.4 is 0 Å². The molecule has 0 aromatic carbocycles. The molecule has 0 fully saturated rings. The van der Waals surface area contributed by atoms with Gasteiger partial charge in [-0.2, -0.15) is 6.61 Å². The molecule has 0 heterocycles. The molecule has 0 unspecified atom stereocenters. The summed E-state index contributed by atoms with van der Waals surface area (Å²) in [5, 5.41) is 0. The van der Waals surface area contributed by atoms with Crippen molar-refractivity contribution < 1.29 is 24.7 Å². The number of hydrogen-bond acceptors (Lipinski definition) is 2. The molecule has 0 saturated carbocycles. The molecule has 7 heteroatoms. The van der Waals surface area contributed by atoms with Crippen molar-refractivity contribution in [2.45, 2.75) is 26.3 Å². The van der Waals surface area contributed by atoms with Crippen molar-refractivity contribution in [1.29, 1.82) is 0 Å². The Hall–Kier alpha value is 1.49. The van der Waals surface area contributed by atoms with Gasteiger partial charge in [0, 0.05) is 7.11 Å². The van der Waals surface area contributed by atoms with E-state index in [0.717, 1.165) is 0 Å². The van der Waals surface area contributed by atoms with E-state index in [1.165, 1.54) is 0 Å². The summed E-state index contributed by atoms with van der Waals surface area (Å²) in [5.74, 6) is 0. The Labute approximate surface area is 111 Å². The van der Waals surface area contributed by atoms with Gasteiger partial charge >= 0.3 is 42.8 Å². The van der Waals surface area contributed by atoms with Crippen molar-refractivity contribution in [3.05, 3.63) is 12.3 Å². The van der Waals surface area contributed by atoms with Crippen LogP contribution in [0.15, 0.2) is 0 Å². The molecule has 0 aromatic heterocycles. The molecule has 0 aliphatic rings. The zero-order valence-electron chi connectivity index (χ0n) is 9.68. The first kappa shape index (κ1) is 21.7. The number of nitrogens with one attached hydrogen (secondary N) is 1. The standard InChI is InChI=1S/C4H10N.C4H9O2.3ClH.Nb/c1-4(2,3)5;1-5-3-4-6-2;;;;/h5H,1-3H3;3H,4H2,1-2H3;3*1H;/q2*-1;;;;+3/p-3. The minimum absolute atomic E-state index is 0.250. The second-order valence-corrected chi connectivity index (χ2v) is 13.3. The van der Waals surface area contributed by atoms with Crippen LogP contribution in [0.3, 0.4) is 0 Å². The fraction of sp³-hybridized carbons (Fsp3) is 0.875. The van der Waals surface area contributed by atoms with Gasteiger partial charge in [0.1, 0.15) is 0 Å². The zero-order chi connectivity index (χ0) is 12.9. The monoisotopic (exact) mass is 359 g/mol. The molecule has 0 radical (unpaired) electrons. The van der Waals surface area contributed by atoms with E-state index in [9.17, 15) is 0 Å². The fourth-order valence-electron chi connectivity index (χ4n) is 0.136. The first-order valence-corrected chi connectivity index (χ1v) is 12.5. The van der Waals surface area contributed by atoms with Crippen LogP contribution in [0.25, 0.3) is 5.73 Å². The molecule has 1 N–H and O–H groups in total. The molecule has 0 atom stereocenters. The van der Waals surface area contributed by atoms with E-state index in [1.54, 1.807) is 20.8 Å². The molecule has 0 aliphatic heterocycles. The first-order valence-electron chi connectivity index (χ1n) is 4.01. The summed E-state index contributed by atoms with van der Waals surface area (Å²) >= 11 is -2.03. The van der Waals surface area contributed by atoms with Crippen molar-refractivity contribution in [3.8, 4) is 0 Å². The van der Waals surface area contributed by atoms with Crippen LogP contribution in [0.5, 0.6) is 0 Å². The van der Waals surface area contributed by atoms with Crippen molar-refractivity contribution >= 4 is 27.6 Å². The third-order valence-corrected chi connectivity index (χ3v) is 0.401. The SMILES string of the molecule is CC(C)(C)[NH-].CO[CH-]COC.[Cl][Nb]([Cl])[Cl]. The number of rotatable bonds is 3. The number of hydrogen-bond donors (Lipinski definition) is 0. The van der Waals surface area contributed by atoms with Gasteiger partial charge in [0.05, 0.1) is 0 Å². The van der Waals surface area contributed by atoms with Gasteiger partial charge in [-0.3, -0.25) is 0 Å². The van der Waals surface area contributed by atoms with Crippen LogP contribution in [0.1, 0.15) is 20.8 Å². The van der Waals surface area contributed by atoms with E-state index < -0.39 is 15.2 Å². The Morgan fingerprint density at radius 2 is 1.47 bits per heavy atom. The second-order valence-electron chi connectivity index (χ2n) is 3.30. The van der Waals surface area contributed by atoms with Gasteiger partial charge in [-0.1, -0.05) is 27.4 Å². The maximum absolute atomic E-state index is 6.94. The van der Waals surface area contributed by atoms with E-state index in [2.05, 4.69) is 9.47 Å². The van der Waals surface area contributed by atoms with Crippen LogP contribution in [0.4, 0.5) is 0 Å². The van der Waals surface area contributed by atoms with Crippen molar-refractivity contribution in [3.63, 3.8) is 0 Å². The summed E-state index contributed by atoms with van der Waals surface area (Å²) in [4.78, 5) is 0. The van der Waals surface area contributed by atoms with Gasteiger partial charge in [-0.15, -0.1) is 5.54 Å². The van der Waals surface area contributed by atoms with Crippen LogP contribution in [0.2, 0.25) is 0 Å². The van der Waals surface area contributed by atoms with Crippen LogP contribution in [-0.4, -0.2) is 26.4 Å². The topological polar surface area (TPSA) is 42.3 Å². The Balaban J connectivity index is -0.000000147. The Morgan fingerprint density at radius 3 is 1.53 bits per heavy atom. The average molecular weight is 361 g/mol. The summed E-state index contributed by atoms with van der Waals surface area (Å²) < 4.78 is 9.13. The first-order chi connectivity index (χ1) is 6.65. The quantitative estimate of drug-likeness (QED) is 0.427. The number of halogens is 3. The van der Waals surface area contributed by atoms with Crippen molar-refractivity contribution in [2.24, 2.45) is 0 Å². The Bertz CT molecular complexity index is 99.8. The van der Waals surface area contributed by atoms with Crippen LogP contribution in [0, 0.1) is 6.61 Å². The number of methoxy groups -OCH3 is 2. The molecule has 0 rings (SSSR count). The summed E-state index contributed by atoms with van der Waals surface area (Å²) in [6.45, 7) is 7.71. The molecule has 3 nitrogen and oxygen atoms in total. The predicted molar refractivity (Wildman–Crippen MR) is 64.8 cm³/mol. The molecule has 0 aromatic rings. The second kappa shape index (κ2) is 15.5. The molecule has 0 spiro atoms. The molecule has 0 amide bonds. The third-order valence-electron chi connectivity index (χ3n) is 0.401. The van der Waals surface area contributed by atoms with Crippen LogP contribution in [-0.2, 0) is 24.7 Å². The van der Waals surface area contributed by atoms with Gasteiger partial charge in [-0.05, 0) is 7.11 Å². The van der Waals surface area contributed by atoms with Crippen molar-refractivity contribution in [1.82, 2.24) is 0 Å². The van der Waals surface area contributed by atoms with E-state index in [0.29, 0.717) is 6.61 Å². The molecule has 0 aliphatic carbocycles. The molecular weight excluding hydrogens is 341 g/mol. The van der Waals surface area contributed by atoms with E-state index >= 15 is 0 Å².